The number of rotatable bonds is 2. The molecule has 0 saturated heterocycles. The molecule has 104 valence electrons. The van der Waals surface area contributed by atoms with Gasteiger partial charge in [0.15, 0.2) is 0 Å². The van der Waals surface area contributed by atoms with Gasteiger partial charge in [0, 0.05) is 0 Å². The Balaban J connectivity index is 2.35. The zero-order chi connectivity index (χ0) is 14.8. The number of para-hydroxylation sites is 2. The van der Waals surface area contributed by atoms with Gasteiger partial charge in [0.05, 0.1) is 17.4 Å². The Labute approximate surface area is 120 Å². The number of hydrogen-bond acceptors (Lipinski definition) is 3. The molecule has 1 aromatic heterocycles. The Morgan fingerprint density at radius 2 is 1.19 bits per heavy atom. The van der Waals surface area contributed by atoms with Crippen LogP contribution in [0.15, 0.2) is 76.3 Å². The molecule has 3 rings (SSSR count). The van der Waals surface area contributed by atoms with E-state index in [1.807, 2.05) is 0 Å². The van der Waals surface area contributed by atoms with Crippen molar-refractivity contribution in [2.75, 3.05) is 0 Å². The van der Waals surface area contributed by atoms with Crippen molar-refractivity contribution in [2.24, 2.45) is 0 Å². The molecule has 0 atom stereocenters. The van der Waals surface area contributed by atoms with Crippen LogP contribution in [-0.4, -0.2) is 14.2 Å². The summed E-state index contributed by atoms with van der Waals surface area (Å²) in [6, 6.07) is 18.3. The molecule has 3 aromatic rings. The fourth-order valence-electron chi connectivity index (χ4n) is 2.17. The minimum absolute atomic E-state index is 0.386. The quantitative estimate of drug-likeness (QED) is 0.777. The van der Waals surface area contributed by atoms with Crippen molar-refractivity contribution in [3.05, 3.63) is 87.6 Å². The van der Waals surface area contributed by atoms with Crippen LogP contribution in [0.2, 0.25) is 0 Å². The van der Waals surface area contributed by atoms with Gasteiger partial charge >= 0.3 is 5.69 Å². The number of aromatic hydroxyl groups is 1. The highest BCUT2D eigenvalue weighted by Gasteiger charge is 2.13. The van der Waals surface area contributed by atoms with Crippen LogP contribution in [0.25, 0.3) is 11.4 Å². The van der Waals surface area contributed by atoms with Gasteiger partial charge in [-0.2, -0.15) is 0 Å². The fourth-order valence-corrected chi connectivity index (χ4v) is 2.17. The van der Waals surface area contributed by atoms with Crippen LogP contribution in [0.1, 0.15) is 0 Å². The summed E-state index contributed by atoms with van der Waals surface area (Å²) >= 11 is 0. The lowest BCUT2D eigenvalue weighted by molar-refractivity contribution is 0.428. The first-order valence-corrected chi connectivity index (χ1v) is 6.37. The smallest absolute Gasteiger partial charge is 0.343 e. The molecule has 21 heavy (non-hydrogen) atoms. The van der Waals surface area contributed by atoms with E-state index in [1.54, 1.807) is 60.7 Å². The summed E-state index contributed by atoms with van der Waals surface area (Å²) in [5, 5.41) is 9.95. The highest BCUT2D eigenvalue weighted by atomic mass is 16.3. The Bertz CT molecular complexity index is 881. The SMILES string of the molecule is O=c1cc(O)n(-c2ccccc2)c(=O)n1-c1ccccc1. The van der Waals surface area contributed by atoms with Crippen LogP contribution < -0.4 is 11.2 Å². The summed E-state index contributed by atoms with van der Waals surface area (Å²) in [6.45, 7) is 0. The second kappa shape index (κ2) is 5.13. The van der Waals surface area contributed by atoms with E-state index in [4.69, 9.17) is 0 Å². The molecule has 2 aromatic carbocycles. The summed E-state index contributed by atoms with van der Waals surface area (Å²) in [4.78, 5) is 24.6. The minimum Gasteiger partial charge on any atom is -0.494 e. The highest BCUT2D eigenvalue weighted by Crippen LogP contribution is 2.12. The van der Waals surface area contributed by atoms with Crippen molar-refractivity contribution in [2.45, 2.75) is 0 Å². The van der Waals surface area contributed by atoms with Crippen LogP contribution in [-0.2, 0) is 0 Å². The van der Waals surface area contributed by atoms with Gasteiger partial charge < -0.3 is 5.11 Å². The van der Waals surface area contributed by atoms with Crippen molar-refractivity contribution >= 4 is 0 Å². The molecule has 0 spiro atoms. The lowest BCUT2D eigenvalue weighted by Gasteiger charge is -2.11. The third kappa shape index (κ3) is 2.25. The molecule has 0 fully saturated rings. The van der Waals surface area contributed by atoms with Crippen molar-refractivity contribution in [1.82, 2.24) is 9.13 Å². The summed E-state index contributed by atoms with van der Waals surface area (Å²) in [5.41, 5.74) is -0.241. The molecular weight excluding hydrogens is 268 g/mol. The Kier molecular flexibility index (Phi) is 3.16. The van der Waals surface area contributed by atoms with Crippen molar-refractivity contribution < 1.29 is 5.11 Å². The van der Waals surface area contributed by atoms with Gasteiger partial charge in [0.1, 0.15) is 0 Å². The lowest BCUT2D eigenvalue weighted by Crippen LogP contribution is -2.37. The minimum atomic E-state index is -0.614. The number of nitrogens with zero attached hydrogens (tertiary/aromatic N) is 2. The van der Waals surface area contributed by atoms with Crippen LogP contribution in [0.4, 0.5) is 0 Å². The fraction of sp³-hybridized carbons (Fsp3) is 0. The van der Waals surface area contributed by atoms with Crippen molar-refractivity contribution in [3.8, 4) is 17.3 Å². The zero-order valence-corrected chi connectivity index (χ0v) is 11.0. The normalized spacial score (nSPS) is 10.5. The second-order valence-electron chi connectivity index (χ2n) is 4.47. The van der Waals surface area contributed by atoms with Crippen LogP contribution in [0.3, 0.4) is 0 Å². The Morgan fingerprint density at radius 3 is 1.71 bits per heavy atom. The summed E-state index contributed by atoms with van der Waals surface area (Å²) in [5.74, 6) is -0.386. The van der Waals surface area contributed by atoms with Crippen LogP contribution >= 0.6 is 0 Å². The topological polar surface area (TPSA) is 64.2 Å². The van der Waals surface area contributed by atoms with E-state index in [1.165, 1.54) is 0 Å². The first-order valence-electron chi connectivity index (χ1n) is 6.37. The van der Waals surface area contributed by atoms with E-state index in [9.17, 15) is 14.7 Å². The third-order valence-corrected chi connectivity index (χ3v) is 3.11. The Morgan fingerprint density at radius 1 is 0.714 bits per heavy atom. The van der Waals surface area contributed by atoms with E-state index in [-0.39, 0.29) is 5.88 Å². The maximum absolute atomic E-state index is 12.6. The third-order valence-electron chi connectivity index (χ3n) is 3.11. The molecule has 0 bridgehead atoms. The predicted octanol–water partition coefficient (Wildman–Crippen LogP) is 1.69. The molecule has 0 aliphatic heterocycles. The number of hydrogen-bond donors (Lipinski definition) is 1. The van der Waals surface area contributed by atoms with Crippen molar-refractivity contribution in [3.63, 3.8) is 0 Å². The van der Waals surface area contributed by atoms with Gasteiger partial charge in [0.25, 0.3) is 5.56 Å². The molecule has 1 heterocycles. The van der Waals surface area contributed by atoms with Gasteiger partial charge in [-0.15, -0.1) is 0 Å². The standard InChI is InChI=1S/C16H12N2O3/c19-14-11-15(20)18(13-9-5-2-6-10-13)16(21)17(14)12-7-3-1-4-8-12/h1-11,19H. The van der Waals surface area contributed by atoms with E-state index >= 15 is 0 Å². The summed E-state index contributed by atoms with van der Waals surface area (Å²) < 4.78 is 2.11. The van der Waals surface area contributed by atoms with Gasteiger partial charge in [0.2, 0.25) is 5.88 Å². The number of aromatic nitrogens is 2. The molecule has 0 saturated carbocycles. The Hall–Kier alpha value is -3.08. The predicted molar refractivity (Wildman–Crippen MR) is 79.3 cm³/mol. The summed E-state index contributed by atoms with van der Waals surface area (Å²) in [7, 11) is 0. The first kappa shape index (κ1) is 12.9. The maximum Gasteiger partial charge on any atom is 0.343 e. The van der Waals surface area contributed by atoms with E-state index in [0.717, 1.165) is 15.2 Å². The molecule has 1 N–H and O–H groups in total. The monoisotopic (exact) mass is 280 g/mol. The van der Waals surface area contributed by atoms with Crippen LogP contribution in [0.5, 0.6) is 5.88 Å². The largest absolute Gasteiger partial charge is 0.494 e. The average molecular weight is 280 g/mol. The van der Waals surface area contributed by atoms with E-state index < -0.39 is 11.2 Å². The molecule has 0 aliphatic rings. The maximum atomic E-state index is 12.6. The van der Waals surface area contributed by atoms with Gasteiger partial charge in [-0.25, -0.2) is 13.9 Å². The average Bonchev–Trinajstić information content (AvgIpc) is 2.49. The zero-order valence-electron chi connectivity index (χ0n) is 11.0. The summed E-state index contributed by atoms with van der Waals surface area (Å²) in [6.07, 6.45) is 0. The highest BCUT2D eigenvalue weighted by molar-refractivity contribution is 5.37. The van der Waals surface area contributed by atoms with E-state index in [0.29, 0.717) is 11.4 Å². The molecule has 0 amide bonds. The van der Waals surface area contributed by atoms with Gasteiger partial charge in [-0.3, -0.25) is 4.79 Å². The lowest BCUT2D eigenvalue weighted by atomic mass is 10.3. The molecule has 0 unspecified atom stereocenters. The van der Waals surface area contributed by atoms with Gasteiger partial charge in [-0.05, 0) is 24.3 Å². The molecule has 0 aliphatic carbocycles. The van der Waals surface area contributed by atoms with Crippen LogP contribution in [0, 0.1) is 0 Å². The molecule has 0 radical (unpaired) electrons. The molecule has 5 nitrogen and oxygen atoms in total. The first-order chi connectivity index (χ1) is 10.2. The number of benzene rings is 2. The molecular formula is C16H12N2O3. The van der Waals surface area contributed by atoms with E-state index in [2.05, 4.69) is 0 Å². The second-order valence-corrected chi connectivity index (χ2v) is 4.47. The van der Waals surface area contributed by atoms with Crippen molar-refractivity contribution in [1.29, 1.82) is 0 Å². The molecule has 5 heteroatoms. The van der Waals surface area contributed by atoms with Gasteiger partial charge in [-0.1, -0.05) is 36.4 Å².